The van der Waals surface area contributed by atoms with Gasteiger partial charge in [0, 0.05) is 16.6 Å². The smallest absolute Gasteiger partial charge is 0.186 e. The molecule has 1 atom stereocenters. The van der Waals surface area contributed by atoms with Crippen molar-refractivity contribution in [2.75, 3.05) is 0 Å². The number of aryl methyl sites for hydroxylation is 2. The molecule has 0 saturated heterocycles. The number of H-pyrrole nitrogens is 1. The third-order valence-electron chi connectivity index (χ3n) is 4.79. The lowest BCUT2D eigenvalue weighted by Gasteiger charge is -2.23. The predicted molar refractivity (Wildman–Crippen MR) is 92.3 cm³/mol. The second-order valence-electron chi connectivity index (χ2n) is 6.30. The number of sulfone groups is 1. The number of nitrogens with one attached hydrogen (secondary N) is 1. The van der Waals surface area contributed by atoms with Crippen molar-refractivity contribution < 1.29 is 8.42 Å². The maximum Gasteiger partial charge on any atom is 0.186 e. The summed E-state index contributed by atoms with van der Waals surface area (Å²) < 4.78 is 26.2. The van der Waals surface area contributed by atoms with Crippen LogP contribution < -0.4 is 0 Å². The summed E-state index contributed by atoms with van der Waals surface area (Å²) in [5.74, 6) is 0. The van der Waals surface area contributed by atoms with E-state index in [9.17, 15) is 8.42 Å². The van der Waals surface area contributed by atoms with Crippen LogP contribution in [-0.2, 0) is 16.3 Å². The minimum Gasteiger partial charge on any atom is -0.357 e. The Morgan fingerprint density at radius 1 is 1.04 bits per heavy atom. The molecule has 118 valence electrons. The minimum atomic E-state index is -3.37. The van der Waals surface area contributed by atoms with E-state index in [1.807, 2.05) is 37.3 Å². The number of benzene rings is 2. The number of aromatic nitrogens is 1. The Morgan fingerprint density at radius 3 is 2.57 bits per heavy atom. The summed E-state index contributed by atoms with van der Waals surface area (Å²) in [4.78, 5) is 3.79. The van der Waals surface area contributed by atoms with Crippen molar-refractivity contribution in [1.29, 1.82) is 0 Å². The number of rotatable bonds is 2. The fourth-order valence-corrected chi connectivity index (χ4v) is 5.41. The molecule has 4 heteroatoms. The highest BCUT2D eigenvalue weighted by Crippen LogP contribution is 2.41. The van der Waals surface area contributed by atoms with Gasteiger partial charge < -0.3 is 4.98 Å². The number of para-hydroxylation sites is 1. The Labute approximate surface area is 136 Å². The van der Waals surface area contributed by atoms with E-state index < -0.39 is 15.1 Å². The number of hydrogen-bond donors (Lipinski definition) is 1. The topological polar surface area (TPSA) is 49.9 Å². The molecule has 0 saturated carbocycles. The van der Waals surface area contributed by atoms with Crippen LogP contribution in [0.25, 0.3) is 10.9 Å². The van der Waals surface area contributed by atoms with Gasteiger partial charge in [-0.15, -0.1) is 0 Å². The zero-order valence-electron chi connectivity index (χ0n) is 13.0. The molecule has 1 aliphatic carbocycles. The van der Waals surface area contributed by atoms with E-state index in [4.69, 9.17) is 0 Å². The molecule has 0 amide bonds. The molecule has 0 radical (unpaired) electrons. The molecule has 23 heavy (non-hydrogen) atoms. The first kappa shape index (κ1) is 14.5. The third kappa shape index (κ3) is 2.29. The van der Waals surface area contributed by atoms with E-state index >= 15 is 0 Å². The highest BCUT2D eigenvalue weighted by molar-refractivity contribution is 7.91. The maximum absolute atomic E-state index is 13.1. The molecule has 1 unspecified atom stereocenters. The summed E-state index contributed by atoms with van der Waals surface area (Å²) in [6, 6.07) is 15.3. The van der Waals surface area contributed by atoms with E-state index in [0.29, 0.717) is 11.3 Å². The normalized spacial score (nSPS) is 18.0. The molecule has 1 N–H and O–H groups in total. The average molecular weight is 325 g/mol. The van der Waals surface area contributed by atoms with Gasteiger partial charge in [0.05, 0.1) is 4.90 Å². The number of aromatic amines is 1. The van der Waals surface area contributed by atoms with Crippen LogP contribution in [0.4, 0.5) is 0 Å². The maximum atomic E-state index is 13.1. The molecule has 0 bridgehead atoms. The number of fused-ring (bicyclic) bond motifs is 3. The van der Waals surface area contributed by atoms with Gasteiger partial charge in [-0.25, -0.2) is 8.42 Å². The Morgan fingerprint density at radius 2 is 1.78 bits per heavy atom. The Balaban J connectivity index is 1.87. The molecule has 1 aromatic heterocycles. The van der Waals surface area contributed by atoms with Crippen LogP contribution >= 0.6 is 0 Å². The van der Waals surface area contributed by atoms with Crippen molar-refractivity contribution in [3.63, 3.8) is 0 Å². The lowest BCUT2D eigenvalue weighted by Crippen LogP contribution is -2.19. The Kier molecular flexibility index (Phi) is 3.31. The first-order chi connectivity index (χ1) is 11.1. The summed E-state index contributed by atoms with van der Waals surface area (Å²) in [7, 11) is -3.37. The molecule has 4 rings (SSSR count). The third-order valence-corrected chi connectivity index (χ3v) is 6.94. The zero-order chi connectivity index (χ0) is 16.0. The van der Waals surface area contributed by atoms with Crippen LogP contribution in [0.2, 0.25) is 0 Å². The monoisotopic (exact) mass is 325 g/mol. The fraction of sp³-hybridized carbons (Fsp3) is 0.263. The largest absolute Gasteiger partial charge is 0.357 e. The molecule has 0 spiro atoms. The van der Waals surface area contributed by atoms with Crippen LogP contribution in [0.5, 0.6) is 0 Å². The van der Waals surface area contributed by atoms with Crippen LogP contribution in [0, 0.1) is 6.92 Å². The van der Waals surface area contributed by atoms with Gasteiger partial charge >= 0.3 is 0 Å². The van der Waals surface area contributed by atoms with Gasteiger partial charge in [-0.05, 0) is 49.9 Å². The van der Waals surface area contributed by atoms with Crippen LogP contribution in [0.1, 0.15) is 34.9 Å². The van der Waals surface area contributed by atoms with Crippen molar-refractivity contribution in [2.24, 2.45) is 0 Å². The summed E-state index contributed by atoms with van der Waals surface area (Å²) in [5, 5.41) is 0.688. The van der Waals surface area contributed by atoms with E-state index in [-0.39, 0.29) is 0 Å². The van der Waals surface area contributed by atoms with Crippen LogP contribution in [-0.4, -0.2) is 13.4 Å². The predicted octanol–water partition coefficient (Wildman–Crippen LogP) is 4.33. The summed E-state index contributed by atoms with van der Waals surface area (Å²) in [6.07, 6.45) is 2.53. The van der Waals surface area contributed by atoms with Crippen molar-refractivity contribution in [1.82, 2.24) is 4.98 Å². The minimum absolute atomic E-state index is 0.416. The fourth-order valence-electron chi connectivity index (χ4n) is 3.58. The standard InChI is InChI=1S/C19H19NO2S/c1-13-9-11-14(12-10-13)23(21,22)18-8-4-6-16-15-5-2-3-7-17(15)20-19(16)18/h2-3,5,7,9-12,18,20H,4,6,8H2,1H3. The first-order valence-corrected chi connectivity index (χ1v) is 9.52. The molecule has 1 heterocycles. The molecule has 3 aromatic rings. The lowest BCUT2D eigenvalue weighted by atomic mass is 9.95. The summed E-state index contributed by atoms with van der Waals surface area (Å²) >= 11 is 0. The highest BCUT2D eigenvalue weighted by Gasteiger charge is 2.34. The van der Waals surface area contributed by atoms with E-state index in [1.54, 1.807) is 12.1 Å². The van der Waals surface area contributed by atoms with Gasteiger partial charge in [0.2, 0.25) is 0 Å². The van der Waals surface area contributed by atoms with E-state index in [0.717, 1.165) is 35.0 Å². The van der Waals surface area contributed by atoms with Crippen molar-refractivity contribution in [3.8, 4) is 0 Å². The lowest BCUT2D eigenvalue weighted by molar-refractivity contribution is 0.558. The van der Waals surface area contributed by atoms with Crippen LogP contribution in [0.3, 0.4) is 0 Å². The van der Waals surface area contributed by atoms with Gasteiger partial charge in [-0.3, -0.25) is 0 Å². The molecule has 2 aromatic carbocycles. The van der Waals surface area contributed by atoms with Gasteiger partial charge in [0.25, 0.3) is 0 Å². The van der Waals surface area contributed by atoms with Crippen molar-refractivity contribution in [2.45, 2.75) is 36.3 Å². The second kappa shape index (κ2) is 5.24. The van der Waals surface area contributed by atoms with Gasteiger partial charge in [-0.2, -0.15) is 0 Å². The highest BCUT2D eigenvalue weighted by atomic mass is 32.2. The average Bonchev–Trinajstić information content (AvgIpc) is 2.93. The molecule has 0 aliphatic heterocycles. The zero-order valence-corrected chi connectivity index (χ0v) is 13.9. The van der Waals surface area contributed by atoms with Crippen molar-refractivity contribution >= 4 is 20.7 Å². The Bertz CT molecular complexity index is 968. The van der Waals surface area contributed by atoms with Gasteiger partial charge in [0.1, 0.15) is 5.25 Å². The van der Waals surface area contributed by atoms with E-state index in [2.05, 4.69) is 11.1 Å². The first-order valence-electron chi connectivity index (χ1n) is 7.97. The molecular formula is C19H19NO2S. The Hall–Kier alpha value is -2.07. The summed E-state index contributed by atoms with van der Waals surface area (Å²) in [5.41, 5.74) is 4.16. The summed E-state index contributed by atoms with van der Waals surface area (Å²) in [6.45, 7) is 1.97. The number of hydrogen-bond acceptors (Lipinski definition) is 2. The van der Waals surface area contributed by atoms with Crippen LogP contribution in [0.15, 0.2) is 53.4 Å². The van der Waals surface area contributed by atoms with E-state index in [1.165, 1.54) is 5.56 Å². The quantitative estimate of drug-likeness (QED) is 0.762. The van der Waals surface area contributed by atoms with Gasteiger partial charge in [-0.1, -0.05) is 35.9 Å². The van der Waals surface area contributed by atoms with Crippen molar-refractivity contribution in [3.05, 3.63) is 65.4 Å². The second-order valence-corrected chi connectivity index (χ2v) is 8.43. The van der Waals surface area contributed by atoms with Gasteiger partial charge in [0.15, 0.2) is 9.84 Å². The molecule has 0 fully saturated rings. The molecule has 1 aliphatic rings. The SMILES string of the molecule is Cc1ccc(S(=O)(=O)C2CCCc3c2[nH]c2ccccc32)cc1. The molecular weight excluding hydrogens is 306 g/mol. The molecule has 3 nitrogen and oxygen atoms in total.